The maximum Gasteiger partial charge on any atom is 0.150 e. The highest BCUT2D eigenvalue weighted by Gasteiger charge is 2.16. The van der Waals surface area contributed by atoms with E-state index in [4.69, 9.17) is 0 Å². The van der Waals surface area contributed by atoms with E-state index in [9.17, 15) is 8.87 Å². The van der Waals surface area contributed by atoms with E-state index in [0.717, 1.165) is 0 Å². The van der Waals surface area contributed by atoms with E-state index in [2.05, 4.69) is 9.97 Å². The van der Waals surface area contributed by atoms with Gasteiger partial charge in [0.15, 0.2) is 0 Å². The summed E-state index contributed by atoms with van der Waals surface area (Å²) in [6.45, 7) is 0. The molecule has 20 heavy (non-hydrogen) atoms. The second-order valence-electron chi connectivity index (χ2n) is 4.61. The minimum atomic E-state index is -0.464. The van der Waals surface area contributed by atoms with E-state index >= 15 is 0 Å². The third kappa shape index (κ3) is 1.46. The summed E-state index contributed by atoms with van der Waals surface area (Å²) in [4.78, 5) is 7.68. The molecule has 0 unspecified atom stereocenters. The van der Waals surface area contributed by atoms with Gasteiger partial charge in [-0.2, -0.15) is 4.79 Å². The fourth-order valence-corrected chi connectivity index (χ4v) is 2.47. The van der Waals surface area contributed by atoms with Crippen LogP contribution in [0.4, 0.5) is 8.87 Å². The topological polar surface area (TPSA) is 33.6 Å². The Morgan fingerprint density at radius 1 is 1.15 bits per heavy atom. The lowest BCUT2D eigenvalue weighted by Crippen LogP contribution is -1.89. The quantitative estimate of drug-likeness (QED) is 0.555. The van der Waals surface area contributed by atoms with Gasteiger partial charge in [-0.3, -0.25) is 0 Å². The molecule has 3 heterocycles. The number of nitrogens with one attached hydrogen (secondary N) is 1. The molecule has 0 fully saturated rings. The Morgan fingerprint density at radius 2 is 2.00 bits per heavy atom. The van der Waals surface area contributed by atoms with Gasteiger partial charge in [0.2, 0.25) is 0 Å². The van der Waals surface area contributed by atoms with Crippen molar-refractivity contribution < 1.29 is 8.87 Å². The SMILES string of the molecule is Fc1cc2cc[nH]c2nc1-c1cn(F)c2ccccc12. The highest BCUT2D eigenvalue weighted by molar-refractivity contribution is 5.96. The molecule has 4 aromatic rings. The highest BCUT2D eigenvalue weighted by atomic mass is 19.2. The van der Waals surface area contributed by atoms with Crippen molar-refractivity contribution in [3.05, 3.63) is 54.6 Å². The first kappa shape index (κ1) is 11.2. The van der Waals surface area contributed by atoms with Crippen molar-refractivity contribution in [1.82, 2.24) is 14.8 Å². The summed E-state index contributed by atoms with van der Waals surface area (Å²) in [6, 6.07) is 10.1. The van der Waals surface area contributed by atoms with Crippen LogP contribution in [-0.4, -0.2) is 14.8 Å². The van der Waals surface area contributed by atoms with Gasteiger partial charge in [0, 0.05) is 28.7 Å². The summed E-state index contributed by atoms with van der Waals surface area (Å²) < 4.78 is 28.0. The third-order valence-corrected chi connectivity index (χ3v) is 3.41. The third-order valence-electron chi connectivity index (χ3n) is 3.41. The highest BCUT2D eigenvalue weighted by Crippen LogP contribution is 2.32. The number of rotatable bonds is 1. The van der Waals surface area contributed by atoms with Crippen LogP contribution in [0.15, 0.2) is 48.8 Å². The van der Waals surface area contributed by atoms with Gasteiger partial charge in [0.1, 0.15) is 17.2 Å². The second kappa shape index (κ2) is 3.90. The zero-order valence-corrected chi connectivity index (χ0v) is 10.3. The van der Waals surface area contributed by atoms with Gasteiger partial charge in [0.05, 0.1) is 5.52 Å². The number of H-pyrrole nitrogens is 1. The number of halogens is 2. The van der Waals surface area contributed by atoms with Gasteiger partial charge in [-0.1, -0.05) is 22.7 Å². The van der Waals surface area contributed by atoms with E-state index in [-0.39, 0.29) is 5.69 Å². The molecule has 0 aliphatic heterocycles. The van der Waals surface area contributed by atoms with E-state index in [1.807, 2.05) is 0 Å². The molecule has 3 aromatic heterocycles. The number of para-hydroxylation sites is 1. The minimum absolute atomic E-state index is 0.146. The molecule has 0 saturated heterocycles. The fraction of sp³-hybridized carbons (Fsp3) is 0. The molecule has 5 heteroatoms. The van der Waals surface area contributed by atoms with Crippen molar-refractivity contribution in [3.8, 4) is 11.3 Å². The molecule has 0 atom stereocenters. The first-order valence-corrected chi connectivity index (χ1v) is 6.14. The Labute approximate surface area is 112 Å². The average Bonchev–Trinajstić information content (AvgIpc) is 3.03. The van der Waals surface area contributed by atoms with Crippen LogP contribution in [0.1, 0.15) is 0 Å². The minimum Gasteiger partial charge on any atom is -0.346 e. The van der Waals surface area contributed by atoms with Crippen LogP contribution in [0.2, 0.25) is 0 Å². The molecule has 1 N–H and O–H groups in total. The summed E-state index contributed by atoms with van der Waals surface area (Å²) in [7, 11) is 0. The number of hydrogen-bond acceptors (Lipinski definition) is 1. The van der Waals surface area contributed by atoms with Gasteiger partial charge >= 0.3 is 0 Å². The van der Waals surface area contributed by atoms with Crippen molar-refractivity contribution in [1.29, 1.82) is 0 Å². The summed E-state index contributed by atoms with van der Waals surface area (Å²) in [5.74, 6) is -0.464. The zero-order chi connectivity index (χ0) is 13.7. The molecule has 4 rings (SSSR count). The van der Waals surface area contributed by atoms with Crippen molar-refractivity contribution in [2.45, 2.75) is 0 Å². The lowest BCUT2D eigenvalue weighted by Gasteiger charge is -2.01. The first-order valence-electron chi connectivity index (χ1n) is 6.14. The lowest BCUT2D eigenvalue weighted by atomic mass is 10.1. The zero-order valence-electron chi connectivity index (χ0n) is 10.3. The normalized spacial score (nSPS) is 11.5. The molecule has 0 amide bonds. The van der Waals surface area contributed by atoms with Gasteiger partial charge in [-0.15, -0.1) is 0 Å². The smallest absolute Gasteiger partial charge is 0.150 e. The Morgan fingerprint density at radius 3 is 2.90 bits per heavy atom. The fourth-order valence-electron chi connectivity index (χ4n) is 2.47. The second-order valence-corrected chi connectivity index (χ2v) is 4.61. The molecular weight excluding hydrogens is 260 g/mol. The Balaban J connectivity index is 2.08. The van der Waals surface area contributed by atoms with Crippen LogP contribution in [0.5, 0.6) is 0 Å². The van der Waals surface area contributed by atoms with Crippen molar-refractivity contribution in [3.63, 3.8) is 0 Å². The number of pyridine rings is 1. The molecule has 0 aliphatic carbocycles. The molecule has 1 aromatic carbocycles. The van der Waals surface area contributed by atoms with E-state index in [0.29, 0.717) is 32.3 Å². The van der Waals surface area contributed by atoms with Gasteiger partial charge < -0.3 is 4.98 Å². The molecule has 3 nitrogen and oxygen atoms in total. The largest absolute Gasteiger partial charge is 0.346 e. The number of aromatic amines is 1. The summed E-state index contributed by atoms with van der Waals surface area (Å²) in [6.07, 6.45) is 2.95. The van der Waals surface area contributed by atoms with E-state index in [1.54, 1.807) is 36.5 Å². The Hall–Kier alpha value is -2.69. The van der Waals surface area contributed by atoms with Crippen LogP contribution in [-0.2, 0) is 0 Å². The van der Waals surface area contributed by atoms with Crippen LogP contribution in [0, 0.1) is 5.82 Å². The van der Waals surface area contributed by atoms with Gasteiger partial charge in [-0.05, 0) is 18.2 Å². The predicted molar refractivity (Wildman–Crippen MR) is 73.5 cm³/mol. The van der Waals surface area contributed by atoms with Crippen LogP contribution >= 0.6 is 0 Å². The molecule has 98 valence electrons. The Kier molecular flexibility index (Phi) is 2.18. The molecule has 0 saturated carbocycles. The summed E-state index contributed by atoms with van der Waals surface area (Å²) in [5, 5.41) is 1.32. The maximum atomic E-state index is 14.2. The summed E-state index contributed by atoms with van der Waals surface area (Å²) >= 11 is 0. The maximum absolute atomic E-state index is 14.2. The molecule has 0 bridgehead atoms. The number of fused-ring (bicyclic) bond motifs is 2. The molecular formula is C15H9F2N3. The average molecular weight is 269 g/mol. The number of aromatic nitrogens is 3. The standard InChI is InChI=1S/C15H9F2N3/c16-12-7-9-5-6-18-15(9)19-14(12)11-8-20(17)13-4-2-1-3-10(11)13/h1-8H,(H,18,19). The molecule has 0 aliphatic rings. The predicted octanol–water partition coefficient (Wildman–Crippen LogP) is 4.06. The van der Waals surface area contributed by atoms with Crippen LogP contribution in [0.3, 0.4) is 0 Å². The van der Waals surface area contributed by atoms with Gasteiger partial charge in [-0.25, -0.2) is 9.37 Å². The molecule has 0 radical (unpaired) electrons. The van der Waals surface area contributed by atoms with E-state index < -0.39 is 5.82 Å². The number of hydrogen-bond donors (Lipinski definition) is 1. The van der Waals surface area contributed by atoms with Crippen molar-refractivity contribution in [2.75, 3.05) is 0 Å². The van der Waals surface area contributed by atoms with Gasteiger partial charge in [0.25, 0.3) is 0 Å². The van der Waals surface area contributed by atoms with Crippen LogP contribution < -0.4 is 0 Å². The first-order chi connectivity index (χ1) is 9.74. The van der Waals surface area contributed by atoms with Crippen LogP contribution in [0.25, 0.3) is 33.2 Å². The van der Waals surface area contributed by atoms with E-state index in [1.165, 1.54) is 12.3 Å². The monoisotopic (exact) mass is 269 g/mol. The summed E-state index contributed by atoms with van der Waals surface area (Å²) in [5.41, 5.74) is 1.57. The molecule has 0 spiro atoms. The number of nitrogens with zero attached hydrogens (tertiary/aromatic N) is 2. The Bertz CT molecular complexity index is 937. The van der Waals surface area contributed by atoms with Crippen molar-refractivity contribution in [2.24, 2.45) is 0 Å². The van der Waals surface area contributed by atoms with Crippen molar-refractivity contribution >= 4 is 21.9 Å². The number of benzene rings is 1. The lowest BCUT2D eigenvalue weighted by molar-refractivity contribution is 0.388.